The summed E-state index contributed by atoms with van der Waals surface area (Å²) in [6, 6.07) is 7.67. The number of para-hydroxylation sites is 1. The van der Waals surface area contributed by atoms with E-state index < -0.39 is 5.60 Å². The van der Waals surface area contributed by atoms with Gasteiger partial charge in [0.25, 0.3) is 0 Å². The maximum Gasteiger partial charge on any atom is 0.233 e. The van der Waals surface area contributed by atoms with Crippen molar-refractivity contribution < 1.29 is 14.6 Å². The Morgan fingerprint density at radius 3 is 2.79 bits per heavy atom. The summed E-state index contributed by atoms with van der Waals surface area (Å²) < 4.78 is 5.54. The molecule has 0 spiro atoms. The fourth-order valence-electron chi connectivity index (χ4n) is 2.72. The molecule has 4 heteroatoms. The van der Waals surface area contributed by atoms with E-state index in [-0.39, 0.29) is 17.7 Å². The Balaban J connectivity index is 1.71. The first-order chi connectivity index (χ1) is 9.01. The van der Waals surface area contributed by atoms with Crippen LogP contribution in [-0.2, 0) is 4.79 Å². The molecular weight excluding hydrogens is 242 g/mol. The highest BCUT2D eigenvalue weighted by Crippen LogP contribution is 2.37. The average Bonchev–Trinajstić information content (AvgIpc) is 2.77. The lowest BCUT2D eigenvalue weighted by Gasteiger charge is -2.49. The van der Waals surface area contributed by atoms with Crippen molar-refractivity contribution in [2.24, 2.45) is 5.92 Å². The number of carbonyl (C=O) groups excluding carboxylic acids is 1. The Hall–Kier alpha value is -1.55. The van der Waals surface area contributed by atoms with Gasteiger partial charge in [-0.25, -0.2) is 0 Å². The summed E-state index contributed by atoms with van der Waals surface area (Å²) >= 11 is 0. The van der Waals surface area contributed by atoms with Crippen molar-refractivity contribution in [2.45, 2.75) is 25.4 Å². The molecule has 0 aromatic heterocycles. The number of fused-ring (bicyclic) bond motifs is 1. The van der Waals surface area contributed by atoms with Crippen LogP contribution in [0.1, 0.15) is 25.3 Å². The Kier molecular flexibility index (Phi) is 2.78. The van der Waals surface area contributed by atoms with Gasteiger partial charge in [-0.15, -0.1) is 0 Å². The van der Waals surface area contributed by atoms with E-state index in [2.05, 4.69) is 0 Å². The number of β-amino-alcohol motifs (C(OH)–C–C–N with tert-alkyl or cyclic N) is 1. The highest BCUT2D eigenvalue weighted by atomic mass is 16.5. The molecule has 1 unspecified atom stereocenters. The van der Waals surface area contributed by atoms with Crippen LogP contribution in [0.5, 0.6) is 5.75 Å². The first kappa shape index (κ1) is 12.5. The zero-order chi connectivity index (χ0) is 13.6. The van der Waals surface area contributed by atoms with Gasteiger partial charge in [0.2, 0.25) is 5.91 Å². The van der Waals surface area contributed by atoms with E-state index >= 15 is 0 Å². The minimum atomic E-state index is -0.714. The highest BCUT2D eigenvalue weighted by molar-refractivity contribution is 5.86. The Bertz CT molecular complexity index is 506. The van der Waals surface area contributed by atoms with Crippen LogP contribution in [0, 0.1) is 5.92 Å². The summed E-state index contributed by atoms with van der Waals surface area (Å²) in [4.78, 5) is 14.2. The second kappa shape index (κ2) is 4.23. The number of amides is 1. The van der Waals surface area contributed by atoms with Gasteiger partial charge in [0.15, 0.2) is 0 Å². The molecule has 1 aromatic carbocycles. The van der Waals surface area contributed by atoms with Gasteiger partial charge in [-0.05, 0) is 12.0 Å². The second-order valence-corrected chi connectivity index (χ2v) is 5.85. The molecular formula is C15H19NO3. The zero-order valence-electron chi connectivity index (χ0n) is 11.3. The summed E-state index contributed by atoms with van der Waals surface area (Å²) in [5.74, 6) is 0.826. The van der Waals surface area contributed by atoms with Crippen LogP contribution in [0.25, 0.3) is 0 Å². The standard InChI is InChI=1S/C15H19NO3/c1-10(2)15(18)8-16(9-15)14(17)12-7-19-13-6-4-3-5-11(12)13/h3-6,10,12,18H,7-9H2,1-2H3. The van der Waals surface area contributed by atoms with Crippen LogP contribution in [0.3, 0.4) is 0 Å². The molecule has 2 aliphatic heterocycles. The molecule has 1 fully saturated rings. The summed E-state index contributed by atoms with van der Waals surface area (Å²) in [7, 11) is 0. The van der Waals surface area contributed by atoms with Gasteiger partial charge in [0.05, 0.1) is 13.1 Å². The molecule has 1 amide bonds. The minimum absolute atomic E-state index is 0.0651. The van der Waals surface area contributed by atoms with E-state index in [1.54, 1.807) is 4.90 Å². The third-order valence-electron chi connectivity index (χ3n) is 4.31. The quantitative estimate of drug-likeness (QED) is 0.875. The van der Waals surface area contributed by atoms with Crippen molar-refractivity contribution in [1.82, 2.24) is 4.90 Å². The second-order valence-electron chi connectivity index (χ2n) is 5.85. The lowest BCUT2D eigenvalue weighted by Crippen LogP contribution is -2.66. The van der Waals surface area contributed by atoms with Crippen LogP contribution in [0.2, 0.25) is 0 Å². The van der Waals surface area contributed by atoms with E-state index in [4.69, 9.17) is 4.74 Å². The maximum absolute atomic E-state index is 12.4. The van der Waals surface area contributed by atoms with Crippen LogP contribution in [0.15, 0.2) is 24.3 Å². The van der Waals surface area contributed by atoms with E-state index in [1.165, 1.54) is 0 Å². The summed E-state index contributed by atoms with van der Waals surface area (Å²) in [5.41, 5.74) is 0.252. The van der Waals surface area contributed by atoms with Crippen molar-refractivity contribution in [3.63, 3.8) is 0 Å². The third kappa shape index (κ3) is 1.91. The first-order valence-electron chi connectivity index (χ1n) is 6.74. The molecule has 2 heterocycles. The van der Waals surface area contributed by atoms with Crippen LogP contribution >= 0.6 is 0 Å². The number of rotatable bonds is 2. The fourth-order valence-corrected chi connectivity index (χ4v) is 2.72. The molecule has 1 saturated heterocycles. The van der Waals surface area contributed by atoms with Crippen molar-refractivity contribution in [2.75, 3.05) is 19.7 Å². The molecule has 1 aromatic rings. The Morgan fingerprint density at radius 1 is 1.42 bits per heavy atom. The smallest absolute Gasteiger partial charge is 0.233 e. The average molecular weight is 261 g/mol. The van der Waals surface area contributed by atoms with Crippen molar-refractivity contribution in [3.05, 3.63) is 29.8 Å². The molecule has 4 nitrogen and oxygen atoms in total. The SMILES string of the molecule is CC(C)C1(O)CN(C(=O)C2COc3ccccc32)C1. The van der Waals surface area contributed by atoms with E-state index in [9.17, 15) is 9.90 Å². The number of hydrogen-bond acceptors (Lipinski definition) is 3. The molecule has 19 heavy (non-hydrogen) atoms. The van der Waals surface area contributed by atoms with E-state index in [0.717, 1.165) is 11.3 Å². The predicted octanol–water partition coefficient (Wildman–Crippen LogP) is 1.39. The number of benzene rings is 1. The molecule has 0 radical (unpaired) electrons. The van der Waals surface area contributed by atoms with Crippen LogP contribution < -0.4 is 4.74 Å². The maximum atomic E-state index is 12.4. The highest BCUT2D eigenvalue weighted by Gasteiger charge is 2.48. The molecule has 1 N–H and O–H groups in total. The molecule has 0 saturated carbocycles. The Labute approximate surface area is 113 Å². The van der Waals surface area contributed by atoms with Gasteiger partial charge in [0.1, 0.15) is 23.9 Å². The van der Waals surface area contributed by atoms with E-state index in [0.29, 0.717) is 19.7 Å². The monoisotopic (exact) mass is 261 g/mol. The largest absolute Gasteiger partial charge is 0.492 e. The lowest BCUT2D eigenvalue weighted by atomic mass is 9.82. The minimum Gasteiger partial charge on any atom is -0.492 e. The van der Waals surface area contributed by atoms with E-state index in [1.807, 2.05) is 38.1 Å². The van der Waals surface area contributed by atoms with Crippen LogP contribution in [0.4, 0.5) is 0 Å². The lowest BCUT2D eigenvalue weighted by molar-refractivity contribution is -0.165. The topological polar surface area (TPSA) is 49.8 Å². The molecule has 2 aliphatic rings. The van der Waals surface area contributed by atoms with Crippen molar-refractivity contribution >= 4 is 5.91 Å². The van der Waals surface area contributed by atoms with Gasteiger partial charge in [-0.1, -0.05) is 32.0 Å². The summed E-state index contributed by atoms with van der Waals surface area (Å²) in [5, 5.41) is 10.2. The number of aliphatic hydroxyl groups is 1. The van der Waals surface area contributed by atoms with Crippen molar-refractivity contribution in [3.8, 4) is 5.75 Å². The molecule has 0 aliphatic carbocycles. The number of hydrogen-bond donors (Lipinski definition) is 1. The van der Waals surface area contributed by atoms with Gasteiger partial charge in [0, 0.05) is 5.56 Å². The molecule has 3 rings (SSSR count). The normalized spacial score (nSPS) is 23.8. The van der Waals surface area contributed by atoms with Gasteiger partial charge in [-0.3, -0.25) is 4.79 Å². The number of carbonyl (C=O) groups is 1. The van der Waals surface area contributed by atoms with Crippen molar-refractivity contribution in [1.29, 1.82) is 0 Å². The van der Waals surface area contributed by atoms with Gasteiger partial charge in [-0.2, -0.15) is 0 Å². The molecule has 1 atom stereocenters. The number of nitrogens with zero attached hydrogens (tertiary/aromatic N) is 1. The van der Waals surface area contributed by atoms with Crippen LogP contribution in [-0.4, -0.2) is 41.2 Å². The van der Waals surface area contributed by atoms with Gasteiger partial charge >= 0.3 is 0 Å². The third-order valence-corrected chi connectivity index (χ3v) is 4.31. The summed E-state index contributed by atoms with van der Waals surface area (Å²) in [6.45, 7) is 5.24. The summed E-state index contributed by atoms with van der Waals surface area (Å²) in [6.07, 6.45) is 0. The fraction of sp³-hybridized carbons (Fsp3) is 0.533. The predicted molar refractivity (Wildman–Crippen MR) is 71.0 cm³/mol. The zero-order valence-corrected chi connectivity index (χ0v) is 11.3. The molecule has 0 bridgehead atoms. The first-order valence-corrected chi connectivity index (χ1v) is 6.74. The number of likely N-dealkylation sites (tertiary alicyclic amines) is 1. The number of ether oxygens (including phenoxy) is 1. The molecule has 102 valence electrons. The van der Waals surface area contributed by atoms with Gasteiger partial charge < -0.3 is 14.7 Å². The Morgan fingerprint density at radius 2 is 2.11 bits per heavy atom.